The summed E-state index contributed by atoms with van der Waals surface area (Å²) in [6, 6.07) is 7.91. The highest BCUT2D eigenvalue weighted by molar-refractivity contribution is 9.11. The van der Waals surface area contributed by atoms with Gasteiger partial charge in [-0.2, -0.15) is 5.26 Å². The van der Waals surface area contributed by atoms with Crippen molar-refractivity contribution in [1.29, 1.82) is 5.26 Å². The van der Waals surface area contributed by atoms with Crippen LogP contribution in [0.1, 0.15) is 24.2 Å². The largest absolute Gasteiger partial charge is 0.336 e. The Hall–Kier alpha value is -0.900. The lowest BCUT2D eigenvalue weighted by molar-refractivity contribution is 0.0520. The zero-order chi connectivity index (χ0) is 15.6. The van der Waals surface area contributed by atoms with Gasteiger partial charge in [0.25, 0.3) is 5.91 Å². The van der Waals surface area contributed by atoms with Crippen molar-refractivity contribution < 1.29 is 4.79 Å². The molecule has 1 heterocycles. The molecule has 0 bridgehead atoms. The summed E-state index contributed by atoms with van der Waals surface area (Å²) in [5, 5.41) is 9.18. The maximum Gasteiger partial charge on any atom is 0.255 e. The maximum absolute atomic E-state index is 12.6. The van der Waals surface area contributed by atoms with Gasteiger partial charge in [-0.1, -0.05) is 15.9 Å². The van der Waals surface area contributed by atoms with Crippen LogP contribution in [0.25, 0.3) is 0 Å². The normalized spacial score (nSPS) is 16.6. The molecule has 1 aliphatic rings. The molecule has 1 aromatic carbocycles. The molecule has 112 valence electrons. The van der Waals surface area contributed by atoms with E-state index in [0.29, 0.717) is 18.7 Å². The Morgan fingerprint density at radius 2 is 1.86 bits per heavy atom. The van der Waals surface area contributed by atoms with Gasteiger partial charge in [0.15, 0.2) is 0 Å². The summed E-state index contributed by atoms with van der Waals surface area (Å²) in [4.78, 5) is 16.6. The number of carbonyl (C=O) groups excluding carboxylic acids is 1. The molecule has 1 aliphatic heterocycles. The fourth-order valence-electron chi connectivity index (χ4n) is 2.37. The van der Waals surface area contributed by atoms with Gasteiger partial charge in [0.1, 0.15) is 5.54 Å². The monoisotopic (exact) mass is 413 g/mol. The molecule has 4 nitrogen and oxygen atoms in total. The van der Waals surface area contributed by atoms with Crippen LogP contribution < -0.4 is 0 Å². The van der Waals surface area contributed by atoms with Crippen LogP contribution in [0.15, 0.2) is 27.1 Å². The van der Waals surface area contributed by atoms with Gasteiger partial charge in [-0.3, -0.25) is 9.69 Å². The molecule has 1 saturated heterocycles. The summed E-state index contributed by atoms with van der Waals surface area (Å²) in [6.07, 6.45) is 0. The van der Waals surface area contributed by atoms with E-state index in [1.54, 1.807) is 0 Å². The fourth-order valence-corrected chi connectivity index (χ4v) is 3.15. The lowest BCUT2D eigenvalue weighted by atomic mass is 10.0. The molecule has 1 aromatic rings. The summed E-state index contributed by atoms with van der Waals surface area (Å²) < 4.78 is 1.69. The van der Waals surface area contributed by atoms with Crippen molar-refractivity contribution in [3.05, 3.63) is 32.7 Å². The lowest BCUT2D eigenvalue weighted by Gasteiger charge is -2.40. The van der Waals surface area contributed by atoms with Crippen molar-refractivity contribution in [3.8, 4) is 6.07 Å². The first-order chi connectivity index (χ1) is 9.85. The molecule has 0 aliphatic carbocycles. The molecule has 0 spiro atoms. The molecular formula is C15H17Br2N3O. The number of nitrogens with zero attached hydrogens (tertiary/aromatic N) is 3. The van der Waals surface area contributed by atoms with Gasteiger partial charge in [-0.05, 0) is 48.0 Å². The van der Waals surface area contributed by atoms with E-state index in [2.05, 4.69) is 42.8 Å². The second-order valence-corrected chi connectivity index (χ2v) is 7.34. The molecule has 1 fully saturated rings. The third-order valence-corrected chi connectivity index (χ3v) is 4.97. The van der Waals surface area contributed by atoms with Gasteiger partial charge >= 0.3 is 0 Å². The van der Waals surface area contributed by atoms with Crippen molar-refractivity contribution in [2.75, 3.05) is 26.2 Å². The average Bonchev–Trinajstić information content (AvgIpc) is 2.49. The van der Waals surface area contributed by atoms with Crippen LogP contribution in [0.5, 0.6) is 0 Å². The van der Waals surface area contributed by atoms with E-state index in [9.17, 15) is 10.1 Å². The van der Waals surface area contributed by atoms with Crippen LogP contribution >= 0.6 is 31.9 Å². The van der Waals surface area contributed by atoms with Crippen molar-refractivity contribution in [2.45, 2.75) is 19.4 Å². The topological polar surface area (TPSA) is 47.3 Å². The third-order valence-electron chi connectivity index (χ3n) is 3.79. The minimum atomic E-state index is -0.481. The molecule has 0 radical (unpaired) electrons. The summed E-state index contributed by atoms with van der Waals surface area (Å²) in [6.45, 7) is 6.55. The highest BCUT2D eigenvalue weighted by Crippen LogP contribution is 2.24. The molecule has 21 heavy (non-hydrogen) atoms. The SMILES string of the molecule is CC(C)(C#N)N1CCN(C(=O)c2cc(Br)ccc2Br)CC1. The Bertz CT molecular complexity index is 587. The third kappa shape index (κ3) is 3.65. The molecule has 0 saturated carbocycles. The Labute approximate surface area is 142 Å². The van der Waals surface area contributed by atoms with Gasteiger partial charge in [0.05, 0.1) is 11.6 Å². The van der Waals surface area contributed by atoms with E-state index in [-0.39, 0.29) is 5.91 Å². The first-order valence-electron chi connectivity index (χ1n) is 6.76. The second kappa shape index (κ2) is 6.47. The van der Waals surface area contributed by atoms with Crippen molar-refractivity contribution >= 4 is 37.8 Å². The predicted molar refractivity (Wildman–Crippen MR) is 89.0 cm³/mol. The van der Waals surface area contributed by atoms with E-state index in [4.69, 9.17) is 0 Å². The number of hydrogen-bond donors (Lipinski definition) is 0. The van der Waals surface area contributed by atoms with Gasteiger partial charge in [-0.15, -0.1) is 0 Å². The number of hydrogen-bond acceptors (Lipinski definition) is 3. The van der Waals surface area contributed by atoms with Crippen molar-refractivity contribution in [1.82, 2.24) is 9.80 Å². The molecule has 0 N–H and O–H groups in total. The molecule has 0 atom stereocenters. The van der Waals surface area contributed by atoms with E-state index < -0.39 is 5.54 Å². The quantitative estimate of drug-likeness (QED) is 0.745. The number of rotatable bonds is 2. The molecule has 1 amide bonds. The smallest absolute Gasteiger partial charge is 0.255 e. The summed E-state index contributed by atoms with van der Waals surface area (Å²) in [7, 11) is 0. The number of carbonyl (C=O) groups is 1. The number of halogens is 2. The highest BCUT2D eigenvalue weighted by atomic mass is 79.9. The Kier molecular flexibility index (Phi) is 5.07. The average molecular weight is 415 g/mol. The number of amides is 1. The van der Waals surface area contributed by atoms with Crippen LogP contribution in [-0.2, 0) is 0 Å². The molecule has 2 rings (SSSR count). The van der Waals surface area contributed by atoms with E-state index >= 15 is 0 Å². The van der Waals surface area contributed by atoms with E-state index in [1.165, 1.54) is 0 Å². The summed E-state index contributed by atoms with van der Waals surface area (Å²) >= 11 is 6.83. The molecule has 0 aromatic heterocycles. The minimum Gasteiger partial charge on any atom is -0.336 e. The first kappa shape index (κ1) is 16.5. The minimum absolute atomic E-state index is 0.0255. The van der Waals surface area contributed by atoms with E-state index in [1.807, 2.05) is 36.9 Å². The molecule has 0 unspecified atom stereocenters. The fraction of sp³-hybridized carbons (Fsp3) is 0.467. The van der Waals surface area contributed by atoms with Crippen LogP contribution in [0, 0.1) is 11.3 Å². The van der Waals surface area contributed by atoms with Crippen molar-refractivity contribution in [2.24, 2.45) is 0 Å². The summed E-state index contributed by atoms with van der Waals surface area (Å²) in [5.74, 6) is 0.0255. The van der Waals surface area contributed by atoms with Crippen LogP contribution in [-0.4, -0.2) is 47.4 Å². The van der Waals surface area contributed by atoms with Gasteiger partial charge < -0.3 is 4.90 Å². The lowest BCUT2D eigenvalue weighted by Crippen LogP contribution is -2.55. The number of piperazine rings is 1. The van der Waals surface area contributed by atoms with Gasteiger partial charge in [0, 0.05) is 35.1 Å². The first-order valence-corrected chi connectivity index (χ1v) is 8.34. The van der Waals surface area contributed by atoms with Crippen LogP contribution in [0.3, 0.4) is 0 Å². The Morgan fingerprint density at radius 1 is 1.24 bits per heavy atom. The van der Waals surface area contributed by atoms with Crippen LogP contribution in [0.4, 0.5) is 0 Å². The second-order valence-electron chi connectivity index (χ2n) is 5.57. The maximum atomic E-state index is 12.6. The van der Waals surface area contributed by atoms with Gasteiger partial charge in [0.2, 0.25) is 0 Å². The van der Waals surface area contributed by atoms with Crippen molar-refractivity contribution in [3.63, 3.8) is 0 Å². The number of benzene rings is 1. The predicted octanol–water partition coefficient (Wildman–Crippen LogP) is 3.27. The number of nitriles is 1. The zero-order valence-electron chi connectivity index (χ0n) is 12.1. The zero-order valence-corrected chi connectivity index (χ0v) is 15.2. The molecule has 6 heteroatoms. The Balaban J connectivity index is 2.07. The Morgan fingerprint density at radius 3 is 2.43 bits per heavy atom. The van der Waals surface area contributed by atoms with Crippen LogP contribution in [0.2, 0.25) is 0 Å². The highest BCUT2D eigenvalue weighted by Gasteiger charge is 2.31. The van der Waals surface area contributed by atoms with E-state index in [0.717, 1.165) is 22.0 Å². The summed E-state index contributed by atoms with van der Waals surface area (Å²) in [5.41, 5.74) is 0.184. The van der Waals surface area contributed by atoms with Gasteiger partial charge in [-0.25, -0.2) is 0 Å². The standard InChI is InChI=1S/C15H17Br2N3O/c1-15(2,10-18)20-7-5-19(6-8-20)14(21)12-9-11(16)3-4-13(12)17/h3-4,9H,5-8H2,1-2H3. The molecular weight excluding hydrogens is 398 g/mol.